The van der Waals surface area contributed by atoms with Crippen molar-refractivity contribution < 1.29 is 23.1 Å². The lowest BCUT2D eigenvalue weighted by Gasteiger charge is -2.06. The molecule has 26 heavy (non-hydrogen) atoms. The second kappa shape index (κ2) is 7.69. The SMILES string of the molecule is COc1cc(C=C(C#N)C(=O)Nc2ccc(S(N)(=O)=O)cc2)ccc1O. The normalized spacial score (nSPS) is 11.5. The molecular formula is C17H15N3O5S. The fourth-order valence-corrected chi connectivity index (χ4v) is 2.54. The van der Waals surface area contributed by atoms with Gasteiger partial charge in [-0.25, -0.2) is 13.6 Å². The predicted octanol–water partition coefficient (Wildman–Crippen LogP) is 1.59. The van der Waals surface area contributed by atoms with Gasteiger partial charge in [0.25, 0.3) is 5.91 Å². The Hall–Kier alpha value is -3.35. The molecule has 0 aliphatic carbocycles. The Balaban J connectivity index is 2.22. The van der Waals surface area contributed by atoms with Crippen LogP contribution in [-0.2, 0) is 14.8 Å². The lowest BCUT2D eigenvalue weighted by atomic mass is 10.1. The number of phenols is 1. The smallest absolute Gasteiger partial charge is 0.266 e. The lowest BCUT2D eigenvalue weighted by Crippen LogP contribution is -2.14. The molecule has 0 saturated heterocycles. The van der Waals surface area contributed by atoms with Crippen molar-refractivity contribution in [3.05, 3.63) is 53.6 Å². The number of hydrogen-bond acceptors (Lipinski definition) is 6. The molecule has 0 bridgehead atoms. The highest BCUT2D eigenvalue weighted by Gasteiger charge is 2.12. The van der Waals surface area contributed by atoms with Crippen molar-refractivity contribution in [2.45, 2.75) is 4.90 Å². The average Bonchev–Trinajstić information content (AvgIpc) is 2.60. The van der Waals surface area contributed by atoms with Crippen molar-refractivity contribution >= 4 is 27.7 Å². The molecule has 0 spiro atoms. The molecule has 0 saturated carbocycles. The second-order valence-corrected chi connectivity index (χ2v) is 6.69. The van der Waals surface area contributed by atoms with Crippen LogP contribution in [0, 0.1) is 11.3 Å². The van der Waals surface area contributed by atoms with Crippen molar-refractivity contribution in [1.29, 1.82) is 5.26 Å². The van der Waals surface area contributed by atoms with Gasteiger partial charge in [-0.15, -0.1) is 0 Å². The summed E-state index contributed by atoms with van der Waals surface area (Å²) in [6.45, 7) is 0. The third kappa shape index (κ3) is 4.60. The van der Waals surface area contributed by atoms with Gasteiger partial charge in [0.05, 0.1) is 12.0 Å². The summed E-state index contributed by atoms with van der Waals surface area (Å²) in [4.78, 5) is 12.1. The number of ether oxygens (including phenoxy) is 1. The molecular weight excluding hydrogens is 358 g/mol. The molecule has 0 radical (unpaired) electrons. The maximum absolute atomic E-state index is 12.2. The summed E-state index contributed by atoms with van der Waals surface area (Å²) in [6.07, 6.45) is 1.33. The molecule has 134 valence electrons. The second-order valence-electron chi connectivity index (χ2n) is 5.12. The Labute approximate surface area is 150 Å². The van der Waals surface area contributed by atoms with Gasteiger partial charge in [-0.3, -0.25) is 4.79 Å². The number of aromatic hydroxyl groups is 1. The minimum absolute atomic E-state index is 0.0671. The summed E-state index contributed by atoms with van der Waals surface area (Å²) < 4.78 is 27.4. The van der Waals surface area contributed by atoms with Crippen LogP contribution in [0.2, 0.25) is 0 Å². The maximum atomic E-state index is 12.2. The van der Waals surface area contributed by atoms with Crippen LogP contribution in [0.4, 0.5) is 5.69 Å². The zero-order valence-electron chi connectivity index (χ0n) is 13.6. The van der Waals surface area contributed by atoms with E-state index >= 15 is 0 Å². The van der Waals surface area contributed by atoms with Gasteiger partial charge in [0.15, 0.2) is 11.5 Å². The summed E-state index contributed by atoms with van der Waals surface area (Å²) >= 11 is 0. The van der Waals surface area contributed by atoms with Crippen molar-refractivity contribution in [1.82, 2.24) is 0 Å². The minimum Gasteiger partial charge on any atom is -0.504 e. The van der Waals surface area contributed by atoms with E-state index in [-0.39, 0.29) is 22.0 Å². The van der Waals surface area contributed by atoms with E-state index in [0.717, 1.165) is 0 Å². The summed E-state index contributed by atoms with van der Waals surface area (Å²) in [6, 6.07) is 11.4. The molecule has 0 unspecified atom stereocenters. The number of nitriles is 1. The molecule has 2 rings (SSSR count). The molecule has 0 aliphatic heterocycles. The highest BCUT2D eigenvalue weighted by Crippen LogP contribution is 2.27. The monoisotopic (exact) mass is 373 g/mol. The average molecular weight is 373 g/mol. The fourth-order valence-electron chi connectivity index (χ4n) is 2.03. The molecule has 0 aliphatic rings. The molecule has 0 heterocycles. The van der Waals surface area contributed by atoms with Gasteiger partial charge < -0.3 is 15.2 Å². The van der Waals surface area contributed by atoms with E-state index < -0.39 is 15.9 Å². The first-order chi connectivity index (χ1) is 12.2. The topological polar surface area (TPSA) is 143 Å². The number of carbonyl (C=O) groups excluding carboxylic acids is 1. The van der Waals surface area contributed by atoms with E-state index in [9.17, 15) is 23.6 Å². The molecule has 2 aromatic rings. The fraction of sp³-hybridized carbons (Fsp3) is 0.0588. The number of nitrogens with one attached hydrogen (secondary N) is 1. The first-order valence-electron chi connectivity index (χ1n) is 7.17. The van der Waals surface area contributed by atoms with E-state index in [4.69, 9.17) is 9.88 Å². The van der Waals surface area contributed by atoms with Gasteiger partial charge in [0, 0.05) is 5.69 Å². The van der Waals surface area contributed by atoms with Crippen LogP contribution in [0.3, 0.4) is 0 Å². The summed E-state index contributed by atoms with van der Waals surface area (Å²) in [5.74, 6) is -0.541. The zero-order valence-corrected chi connectivity index (χ0v) is 14.4. The van der Waals surface area contributed by atoms with Gasteiger partial charge in [-0.1, -0.05) is 6.07 Å². The van der Waals surface area contributed by atoms with Gasteiger partial charge in [-0.05, 0) is 48.0 Å². The number of amides is 1. The van der Waals surface area contributed by atoms with Crippen molar-refractivity contribution in [3.8, 4) is 17.6 Å². The standard InChI is InChI=1S/C17H15N3O5S/c1-25-16-9-11(2-7-15(16)21)8-12(10-18)17(22)20-13-3-5-14(6-4-13)26(19,23)24/h2-9,21H,1H3,(H,20,22)(H2,19,23,24). The number of rotatable bonds is 5. The number of hydrogen-bond donors (Lipinski definition) is 3. The van der Waals surface area contributed by atoms with Crippen LogP contribution in [0.1, 0.15) is 5.56 Å². The number of sulfonamides is 1. The highest BCUT2D eigenvalue weighted by molar-refractivity contribution is 7.89. The zero-order chi connectivity index (χ0) is 19.3. The highest BCUT2D eigenvalue weighted by atomic mass is 32.2. The van der Waals surface area contributed by atoms with E-state index in [0.29, 0.717) is 11.3 Å². The molecule has 1 amide bonds. The van der Waals surface area contributed by atoms with E-state index in [1.165, 1.54) is 55.7 Å². The van der Waals surface area contributed by atoms with Gasteiger partial charge in [0.2, 0.25) is 10.0 Å². The predicted molar refractivity (Wildman–Crippen MR) is 94.7 cm³/mol. The third-order valence-electron chi connectivity index (χ3n) is 3.32. The number of benzene rings is 2. The quantitative estimate of drug-likeness (QED) is 0.536. The van der Waals surface area contributed by atoms with Crippen molar-refractivity contribution in [2.75, 3.05) is 12.4 Å². The number of anilines is 1. The Bertz CT molecular complexity index is 1010. The van der Waals surface area contributed by atoms with Gasteiger partial charge in [0.1, 0.15) is 11.6 Å². The number of methoxy groups -OCH3 is 1. The maximum Gasteiger partial charge on any atom is 0.266 e. The molecule has 2 aromatic carbocycles. The van der Waals surface area contributed by atoms with Crippen molar-refractivity contribution in [3.63, 3.8) is 0 Å². The molecule has 0 fully saturated rings. The third-order valence-corrected chi connectivity index (χ3v) is 4.25. The summed E-state index contributed by atoms with van der Waals surface area (Å²) in [7, 11) is -2.45. The van der Waals surface area contributed by atoms with Crippen molar-refractivity contribution in [2.24, 2.45) is 5.14 Å². The molecule has 8 nitrogen and oxygen atoms in total. The Morgan fingerprint density at radius 1 is 1.27 bits per heavy atom. The molecule has 4 N–H and O–H groups in total. The van der Waals surface area contributed by atoms with Crippen LogP contribution in [0.15, 0.2) is 52.9 Å². The Morgan fingerprint density at radius 2 is 1.92 bits per heavy atom. The molecule has 0 atom stereocenters. The number of nitrogens with two attached hydrogens (primary N) is 1. The van der Waals surface area contributed by atoms with Crippen LogP contribution in [0.5, 0.6) is 11.5 Å². The van der Waals surface area contributed by atoms with Crippen LogP contribution >= 0.6 is 0 Å². The van der Waals surface area contributed by atoms with Crippen LogP contribution in [-0.4, -0.2) is 26.5 Å². The Kier molecular flexibility index (Phi) is 5.61. The number of nitrogens with zero attached hydrogens (tertiary/aromatic N) is 1. The Morgan fingerprint density at radius 3 is 2.46 bits per heavy atom. The first kappa shape index (κ1) is 19.0. The van der Waals surface area contributed by atoms with E-state index in [1.54, 1.807) is 6.07 Å². The number of carbonyl (C=O) groups is 1. The lowest BCUT2D eigenvalue weighted by molar-refractivity contribution is -0.112. The molecule has 0 aromatic heterocycles. The molecule has 9 heteroatoms. The first-order valence-corrected chi connectivity index (χ1v) is 8.72. The van der Waals surface area contributed by atoms with Gasteiger partial charge in [-0.2, -0.15) is 5.26 Å². The van der Waals surface area contributed by atoms with Crippen LogP contribution < -0.4 is 15.2 Å². The minimum atomic E-state index is -3.83. The van der Waals surface area contributed by atoms with Crippen LogP contribution in [0.25, 0.3) is 6.08 Å². The summed E-state index contributed by atoms with van der Waals surface area (Å²) in [5, 5.41) is 26.3. The summed E-state index contributed by atoms with van der Waals surface area (Å²) in [5.41, 5.74) is 0.594. The largest absolute Gasteiger partial charge is 0.504 e. The van der Waals surface area contributed by atoms with Gasteiger partial charge >= 0.3 is 0 Å². The van der Waals surface area contributed by atoms with E-state index in [1.807, 2.05) is 0 Å². The number of primary sulfonamides is 1. The van der Waals surface area contributed by atoms with E-state index in [2.05, 4.69) is 5.32 Å². The number of phenolic OH excluding ortho intramolecular Hbond substituents is 1.